The molecule has 0 spiro atoms. The van der Waals surface area contributed by atoms with E-state index in [4.69, 9.17) is 22.1 Å². The monoisotopic (exact) mass is 437 g/mol. The third kappa shape index (κ3) is 6.45. The number of nitrogens with zero attached hydrogens (tertiary/aromatic N) is 3. The van der Waals surface area contributed by atoms with Crippen LogP contribution in [0.3, 0.4) is 0 Å². The number of hydrogen-bond acceptors (Lipinski definition) is 6. The summed E-state index contributed by atoms with van der Waals surface area (Å²) in [6.45, 7) is 1.71. The zero-order valence-corrected chi connectivity index (χ0v) is 17.5. The average molecular weight is 438 g/mol. The maximum Gasteiger partial charge on any atom is 0.230 e. The van der Waals surface area contributed by atoms with E-state index in [0.29, 0.717) is 35.5 Å². The molecular formula is C19H24ClN5O3S. The van der Waals surface area contributed by atoms with Gasteiger partial charge in [-0.25, -0.2) is 0 Å². The standard InChI is InChI=1S/C19H24ClN5O3S/c20-15-6-2-1-4-13(15)10-22-18(27)12-29-19-24-23-17(8-7-16(21)26)25(19)11-14-5-3-9-28-14/h1-2,4,6,14H,3,5,7-12H2,(H2,21,26)(H,22,27). The van der Waals surface area contributed by atoms with Crippen molar-refractivity contribution < 1.29 is 14.3 Å². The number of primary amides is 1. The Labute approximate surface area is 178 Å². The third-order valence-electron chi connectivity index (χ3n) is 4.56. The normalized spacial score (nSPS) is 16.1. The summed E-state index contributed by atoms with van der Waals surface area (Å²) in [7, 11) is 0. The number of aryl methyl sites for hydroxylation is 1. The fourth-order valence-corrected chi connectivity index (χ4v) is 4.04. The van der Waals surface area contributed by atoms with Crippen LogP contribution in [0.5, 0.6) is 0 Å². The molecule has 156 valence electrons. The van der Waals surface area contributed by atoms with Gasteiger partial charge in [0.15, 0.2) is 5.16 Å². The second kappa shape index (κ2) is 10.6. The van der Waals surface area contributed by atoms with Crippen LogP contribution in [0.25, 0.3) is 0 Å². The smallest absolute Gasteiger partial charge is 0.230 e. The molecule has 1 aromatic heterocycles. The van der Waals surface area contributed by atoms with Crippen LogP contribution in [0.2, 0.25) is 5.02 Å². The number of amides is 2. The minimum atomic E-state index is -0.384. The minimum Gasteiger partial charge on any atom is -0.376 e. The predicted octanol–water partition coefficient (Wildman–Crippen LogP) is 1.94. The Hall–Kier alpha value is -2.10. The first-order valence-corrected chi connectivity index (χ1v) is 10.8. The van der Waals surface area contributed by atoms with Crippen LogP contribution < -0.4 is 11.1 Å². The van der Waals surface area contributed by atoms with E-state index in [1.54, 1.807) is 6.07 Å². The zero-order valence-electron chi connectivity index (χ0n) is 16.0. The summed E-state index contributed by atoms with van der Waals surface area (Å²) in [6, 6.07) is 7.39. The highest BCUT2D eigenvalue weighted by atomic mass is 35.5. The van der Waals surface area contributed by atoms with Crippen LogP contribution in [0.1, 0.15) is 30.7 Å². The fourth-order valence-electron chi connectivity index (χ4n) is 3.04. The number of ether oxygens (including phenoxy) is 1. The van der Waals surface area contributed by atoms with Crippen LogP contribution in [0, 0.1) is 0 Å². The van der Waals surface area contributed by atoms with E-state index in [-0.39, 0.29) is 30.1 Å². The maximum absolute atomic E-state index is 12.3. The lowest BCUT2D eigenvalue weighted by atomic mass is 10.2. The van der Waals surface area contributed by atoms with E-state index in [2.05, 4.69) is 15.5 Å². The predicted molar refractivity (Wildman–Crippen MR) is 111 cm³/mol. The van der Waals surface area contributed by atoms with Crippen LogP contribution in [0.15, 0.2) is 29.4 Å². The molecule has 2 heterocycles. The topological polar surface area (TPSA) is 112 Å². The first kappa shape index (κ1) is 21.6. The number of carbonyl (C=O) groups is 2. The quantitative estimate of drug-likeness (QED) is 0.549. The highest BCUT2D eigenvalue weighted by Crippen LogP contribution is 2.22. The molecular weight excluding hydrogens is 414 g/mol. The van der Waals surface area contributed by atoms with E-state index in [9.17, 15) is 9.59 Å². The summed E-state index contributed by atoms with van der Waals surface area (Å²) < 4.78 is 7.65. The summed E-state index contributed by atoms with van der Waals surface area (Å²) in [5.41, 5.74) is 6.13. The second-order valence-electron chi connectivity index (χ2n) is 6.77. The summed E-state index contributed by atoms with van der Waals surface area (Å²) in [6.07, 6.45) is 2.69. The molecule has 1 aliphatic heterocycles. The molecule has 0 bridgehead atoms. The molecule has 0 radical (unpaired) electrons. The van der Waals surface area contributed by atoms with E-state index in [0.717, 1.165) is 25.0 Å². The highest BCUT2D eigenvalue weighted by Gasteiger charge is 2.21. The molecule has 1 saturated heterocycles. The zero-order chi connectivity index (χ0) is 20.6. The van der Waals surface area contributed by atoms with Crippen molar-refractivity contribution in [2.75, 3.05) is 12.4 Å². The third-order valence-corrected chi connectivity index (χ3v) is 5.90. The van der Waals surface area contributed by atoms with Gasteiger partial charge in [0.1, 0.15) is 5.82 Å². The molecule has 2 amide bonds. The number of benzene rings is 1. The lowest BCUT2D eigenvalue weighted by Gasteiger charge is -2.14. The van der Waals surface area contributed by atoms with E-state index >= 15 is 0 Å². The van der Waals surface area contributed by atoms with Crippen molar-refractivity contribution in [1.82, 2.24) is 20.1 Å². The molecule has 0 aliphatic carbocycles. The molecule has 2 aromatic rings. The van der Waals surface area contributed by atoms with Gasteiger partial charge in [-0.1, -0.05) is 41.6 Å². The van der Waals surface area contributed by atoms with Gasteiger partial charge in [0, 0.05) is 31.0 Å². The molecule has 8 nitrogen and oxygen atoms in total. The SMILES string of the molecule is NC(=O)CCc1nnc(SCC(=O)NCc2ccccc2Cl)n1CC1CCCO1. The average Bonchev–Trinajstić information content (AvgIpc) is 3.34. The van der Waals surface area contributed by atoms with Gasteiger partial charge < -0.3 is 20.4 Å². The molecule has 1 fully saturated rings. The molecule has 1 aliphatic rings. The number of rotatable bonds is 10. The molecule has 1 aromatic carbocycles. The molecule has 3 rings (SSSR count). The largest absolute Gasteiger partial charge is 0.376 e. The number of thioether (sulfide) groups is 1. The molecule has 10 heteroatoms. The first-order chi connectivity index (χ1) is 14.0. The van der Waals surface area contributed by atoms with Gasteiger partial charge in [-0.15, -0.1) is 10.2 Å². The number of nitrogens with one attached hydrogen (secondary N) is 1. The van der Waals surface area contributed by atoms with Crippen molar-refractivity contribution in [1.29, 1.82) is 0 Å². The number of aromatic nitrogens is 3. The van der Waals surface area contributed by atoms with E-state index in [1.807, 2.05) is 22.8 Å². The Morgan fingerprint density at radius 3 is 2.90 bits per heavy atom. The number of nitrogens with two attached hydrogens (primary N) is 1. The van der Waals surface area contributed by atoms with E-state index < -0.39 is 0 Å². The van der Waals surface area contributed by atoms with Crippen LogP contribution in [-0.2, 0) is 33.8 Å². The molecule has 29 heavy (non-hydrogen) atoms. The lowest BCUT2D eigenvalue weighted by Crippen LogP contribution is -2.25. The van der Waals surface area contributed by atoms with Gasteiger partial charge in [-0.05, 0) is 24.5 Å². The van der Waals surface area contributed by atoms with Crippen molar-refractivity contribution in [3.63, 3.8) is 0 Å². The highest BCUT2D eigenvalue weighted by molar-refractivity contribution is 7.99. The van der Waals surface area contributed by atoms with Gasteiger partial charge in [0.05, 0.1) is 18.4 Å². The van der Waals surface area contributed by atoms with Crippen molar-refractivity contribution >= 4 is 35.2 Å². The van der Waals surface area contributed by atoms with Gasteiger partial charge in [-0.2, -0.15) is 0 Å². The lowest BCUT2D eigenvalue weighted by molar-refractivity contribution is -0.119. The van der Waals surface area contributed by atoms with Gasteiger partial charge in [0.25, 0.3) is 0 Å². The number of halogens is 1. The maximum atomic E-state index is 12.3. The first-order valence-electron chi connectivity index (χ1n) is 9.48. The van der Waals surface area contributed by atoms with Crippen LogP contribution >= 0.6 is 23.4 Å². The Morgan fingerprint density at radius 1 is 1.34 bits per heavy atom. The minimum absolute atomic E-state index is 0.0896. The summed E-state index contributed by atoms with van der Waals surface area (Å²) in [5.74, 6) is 0.368. The van der Waals surface area contributed by atoms with Crippen LogP contribution in [0.4, 0.5) is 0 Å². The van der Waals surface area contributed by atoms with Gasteiger partial charge in [-0.3, -0.25) is 9.59 Å². The van der Waals surface area contributed by atoms with Crippen LogP contribution in [-0.4, -0.2) is 45.0 Å². The summed E-state index contributed by atoms with van der Waals surface area (Å²) in [4.78, 5) is 23.4. The Bertz CT molecular complexity index is 854. The molecule has 1 unspecified atom stereocenters. The molecule has 3 N–H and O–H groups in total. The summed E-state index contributed by atoms with van der Waals surface area (Å²) in [5, 5.41) is 12.5. The van der Waals surface area contributed by atoms with Gasteiger partial charge in [0.2, 0.25) is 11.8 Å². The van der Waals surface area contributed by atoms with Crippen molar-refractivity contribution in [3.05, 3.63) is 40.7 Å². The fraction of sp³-hybridized carbons (Fsp3) is 0.474. The summed E-state index contributed by atoms with van der Waals surface area (Å²) >= 11 is 7.42. The second-order valence-corrected chi connectivity index (χ2v) is 8.12. The van der Waals surface area contributed by atoms with E-state index in [1.165, 1.54) is 11.8 Å². The van der Waals surface area contributed by atoms with Crippen molar-refractivity contribution in [2.24, 2.45) is 5.73 Å². The Kier molecular flexibility index (Phi) is 7.91. The number of carbonyl (C=O) groups excluding carboxylic acids is 2. The molecule has 1 atom stereocenters. The molecule has 0 saturated carbocycles. The number of hydrogen-bond donors (Lipinski definition) is 2. The Morgan fingerprint density at radius 2 is 2.17 bits per heavy atom. The van der Waals surface area contributed by atoms with Crippen molar-refractivity contribution in [3.8, 4) is 0 Å². The van der Waals surface area contributed by atoms with Gasteiger partial charge >= 0.3 is 0 Å². The van der Waals surface area contributed by atoms with Crippen molar-refractivity contribution in [2.45, 2.75) is 50.0 Å². The Balaban J connectivity index is 1.58.